The van der Waals surface area contributed by atoms with Crippen molar-refractivity contribution in [2.45, 2.75) is 32.7 Å². The van der Waals surface area contributed by atoms with Gasteiger partial charge in [-0.15, -0.1) is 0 Å². The van der Waals surface area contributed by atoms with Gasteiger partial charge in [-0.1, -0.05) is 18.2 Å². The lowest BCUT2D eigenvalue weighted by molar-refractivity contribution is -0.143. The number of H-pyrrole nitrogens is 1. The summed E-state index contributed by atoms with van der Waals surface area (Å²) in [5, 5.41) is 1.24. The van der Waals surface area contributed by atoms with Crippen molar-refractivity contribution in [3.8, 4) is 0 Å². The lowest BCUT2D eigenvalue weighted by Gasteiger charge is -2.05. The summed E-state index contributed by atoms with van der Waals surface area (Å²) in [5.41, 5.74) is 2.43. The Bertz CT molecular complexity index is 775. The number of rotatable bonds is 7. The van der Waals surface area contributed by atoms with Crippen molar-refractivity contribution in [2.24, 2.45) is 0 Å². The van der Waals surface area contributed by atoms with Gasteiger partial charge in [0, 0.05) is 48.9 Å². The molecule has 0 aliphatic carbocycles. The molecule has 2 aromatic heterocycles. The Kier molecular flexibility index (Phi) is 4.76. The SMILES string of the molecule is CCOC(=O)CCCn1cc(Cc2ncc[nH]2)c2ccccc21. The van der Waals surface area contributed by atoms with E-state index in [9.17, 15) is 4.79 Å². The van der Waals surface area contributed by atoms with E-state index in [4.69, 9.17) is 4.74 Å². The van der Waals surface area contributed by atoms with Gasteiger partial charge in [-0.2, -0.15) is 0 Å². The first-order chi connectivity index (χ1) is 11.3. The number of nitrogens with zero attached hydrogens (tertiary/aromatic N) is 2. The van der Waals surface area contributed by atoms with Crippen LogP contribution in [0.15, 0.2) is 42.9 Å². The van der Waals surface area contributed by atoms with Crippen molar-refractivity contribution in [3.63, 3.8) is 0 Å². The maximum Gasteiger partial charge on any atom is 0.305 e. The van der Waals surface area contributed by atoms with Crippen molar-refractivity contribution in [1.82, 2.24) is 14.5 Å². The summed E-state index contributed by atoms with van der Waals surface area (Å²) in [7, 11) is 0. The Hall–Kier alpha value is -2.56. The molecule has 23 heavy (non-hydrogen) atoms. The van der Waals surface area contributed by atoms with Gasteiger partial charge in [0.05, 0.1) is 6.61 Å². The number of nitrogens with one attached hydrogen (secondary N) is 1. The van der Waals surface area contributed by atoms with E-state index in [0.29, 0.717) is 13.0 Å². The predicted molar refractivity (Wildman–Crippen MR) is 89.2 cm³/mol. The van der Waals surface area contributed by atoms with Crippen LogP contribution in [0.1, 0.15) is 31.2 Å². The number of benzene rings is 1. The molecule has 0 aliphatic rings. The Morgan fingerprint density at radius 3 is 3.00 bits per heavy atom. The van der Waals surface area contributed by atoms with Crippen LogP contribution >= 0.6 is 0 Å². The lowest BCUT2D eigenvalue weighted by atomic mass is 10.1. The van der Waals surface area contributed by atoms with E-state index >= 15 is 0 Å². The van der Waals surface area contributed by atoms with E-state index < -0.39 is 0 Å². The minimum atomic E-state index is -0.125. The highest BCUT2D eigenvalue weighted by atomic mass is 16.5. The van der Waals surface area contributed by atoms with Crippen LogP contribution in [0.3, 0.4) is 0 Å². The van der Waals surface area contributed by atoms with Crippen molar-refractivity contribution in [1.29, 1.82) is 0 Å². The molecule has 5 nitrogen and oxygen atoms in total. The first-order valence-corrected chi connectivity index (χ1v) is 7.98. The number of aryl methyl sites for hydroxylation is 1. The molecule has 0 spiro atoms. The molecule has 0 saturated carbocycles. The summed E-state index contributed by atoms with van der Waals surface area (Å²) in [6.45, 7) is 3.08. The van der Waals surface area contributed by atoms with Crippen LogP contribution in [0.4, 0.5) is 0 Å². The second-order valence-electron chi connectivity index (χ2n) is 5.49. The standard InChI is InChI=1S/C18H21N3O2/c1-2-23-18(22)8-5-11-21-13-14(12-17-19-9-10-20-17)15-6-3-4-7-16(15)21/h3-4,6-7,9-10,13H,2,5,8,11-12H2,1H3,(H,19,20). The minimum Gasteiger partial charge on any atom is -0.466 e. The smallest absolute Gasteiger partial charge is 0.305 e. The highest BCUT2D eigenvalue weighted by Gasteiger charge is 2.10. The van der Waals surface area contributed by atoms with Gasteiger partial charge < -0.3 is 14.3 Å². The Morgan fingerprint density at radius 2 is 2.22 bits per heavy atom. The molecule has 1 aromatic carbocycles. The van der Waals surface area contributed by atoms with Crippen LogP contribution in [0.25, 0.3) is 10.9 Å². The van der Waals surface area contributed by atoms with Gasteiger partial charge in [0.1, 0.15) is 5.82 Å². The molecule has 3 aromatic rings. The summed E-state index contributed by atoms with van der Waals surface area (Å²) in [4.78, 5) is 18.9. The number of carbonyl (C=O) groups is 1. The molecule has 0 unspecified atom stereocenters. The Labute approximate surface area is 135 Å². The highest BCUT2D eigenvalue weighted by molar-refractivity contribution is 5.84. The summed E-state index contributed by atoms with van der Waals surface area (Å²) in [5.74, 6) is 0.833. The molecule has 2 heterocycles. The van der Waals surface area contributed by atoms with Crippen molar-refractivity contribution in [2.75, 3.05) is 6.61 Å². The fourth-order valence-corrected chi connectivity index (χ4v) is 2.85. The molecule has 0 fully saturated rings. The van der Waals surface area contributed by atoms with E-state index in [1.54, 1.807) is 6.20 Å². The quantitative estimate of drug-likeness (QED) is 0.681. The van der Waals surface area contributed by atoms with Crippen molar-refractivity contribution >= 4 is 16.9 Å². The summed E-state index contributed by atoms with van der Waals surface area (Å²) in [6.07, 6.45) is 7.78. The third-order valence-corrected chi connectivity index (χ3v) is 3.87. The second-order valence-corrected chi connectivity index (χ2v) is 5.49. The third kappa shape index (κ3) is 3.62. The number of ether oxygens (including phenoxy) is 1. The first-order valence-electron chi connectivity index (χ1n) is 7.98. The number of carbonyl (C=O) groups excluding carboxylic acids is 1. The fraction of sp³-hybridized carbons (Fsp3) is 0.333. The minimum absolute atomic E-state index is 0.125. The van der Waals surface area contributed by atoms with Crippen LogP contribution in [0, 0.1) is 0 Å². The molecular formula is C18H21N3O2. The van der Waals surface area contributed by atoms with E-state index in [-0.39, 0.29) is 5.97 Å². The molecule has 3 rings (SSSR count). The molecule has 5 heteroatoms. The topological polar surface area (TPSA) is 59.9 Å². The van der Waals surface area contributed by atoms with Crippen LogP contribution in [-0.4, -0.2) is 27.1 Å². The van der Waals surface area contributed by atoms with Gasteiger partial charge in [0.2, 0.25) is 0 Å². The molecule has 0 bridgehead atoms. The number of esters is 1. The normalized spacial score (nSPS) is 11.0. The Balaban J connectivity index is 1.76. The predicted octanol–water partition coefficient (Wildman–Crippen LogP) is 3.30. The van der Waals surface area contributed by atoms with Crippen molar-refractivity contribution < 1.29 is 9.53 Å². The van der Waals surface area contributed by atoms with Gasteiger partial charge >= 0.3 is 5.97 Å². The van der Waals surface area contributed by atoms with Crippen LogP contribution in [0.2, 0.25) is 0 Å². The van der Waals surface area contributed by atoms with Crippen molar-refractivity contribution in [3.05, 3.63) is 54.2 Å². The average Bonchev–Trinajstić information content (AvgIpc) is 3.17. The summed E-state index contributed by atoms with van der Waals surface area (Å²) in [6, 6.07) is 8.35. The van der Waals surface area contributed by atoms with E-state index in [1.807, 2.05) is 19.2 Å². The van der Waals surface area contributed by atoms with E-state index in [1.165, 1.54) is 16.5 Å². The van der Waals surface area contributed by atoms with Gasteiger partial charge in [-0.05, 0) is 25.0 Å². The molecule has 0 aliphatic heterocycles. The summed E-state index contributed by atoms with van der Waals surface area (Å²) < 4.78 is 7.20. The Morgan fingerprint density at radius 1 is 1.35 bits per heavy atom. The molecule has 1 N–H and O–H groups in total. The summed E-state index contributed by atoms with van der Waals surface area (Å²) >= 11 is 0. The maximum atomic E-state index is 11.5. The maximum absolute atomic E-state index is 11.5. The number of fused-ring (bicyclic) bond motifs is 1. The molecule has 0 saturated heterocycles. The number of hydrogen-bond donors (Lipinski definition) is 1. The number of aromatic amines is 1. The zero-order valence-corrected chi connectivity index (χ0v) is 13.3. The molecule has 120 valence electrons. The zero-order valence-electron chi connectivity index (χ0n) is 13.3. The number of imidazole rings is 1. The van der Waals surface area contributed by atoms with Gasteiger partial charge in [0.15, 0.2) is 0 Å². The van der Waals surface area contributed by atoms with E-state index in [2.05, 4.69) is 38.9 Å². The molecule has 0 radical (unpaired) electrons. The van der Waals surface area contributed by atoms with Crippen LogP contribution in [0.5, 0.6) is 0 Å². The number of aromatic nitrogens is 3. The zero-order chi connectivity index (χ0) is 16.1. The number of para-hydroxylation sites is 1. The monoisotopic (exact) mass is 311 g/mol. The van der Waals surface area contributed by atoms with Gasteiger partial charge in [-0.25, -0.2) is 4.98 Å². The fourth-order valence-electron chi connectivity index (χ4n) is 2.85. The third-order valence-electron chi connectivity index (χ3n) is 3.87. The second kappa shape index (κ2) is 7.13. The largest absolute Gasteiger partial charge is 0.466 e. The highest BCUT2D eigenvalue weighted by Crippen LogP contribution is 2.23. The van der Waals surface area contributed by atoms with Gasteiger partial charge in [-0.3, -0.25) is 4.79 Å². The molecule has 0 amide bonds. The van der Waals surface area contributed by atoms with Crippen LogP contribution in [-0.2, 0) is 22.5 Å². The lowest BCUT2D eigenvalue weighted by Crippen LogP contribution is -2.06. The van der Waals surface area contributed by atoms with Crippen LogP contribution < -0.4 is 0 Å². The molecule has 0 atom stereocenters. The van der Waals surface area contributed by atoms with Gasteiger partial charge in [0.25, 0.3) is 0 Å². The first kappa shape index (κ1) is 15.3. The van der Waals surface area contributed by atoms with E-state index in [0.717, 1.165) is 25.2 Å². The number of hydrogen-bond acceptors (Lipinski definition) is 3. The average molecular weight is 311 g/mol. The molecular weight excluding hydrogens is 290 g/mol.